The average molecular weight is 251 g/mol. The van der Waals surface area contributed by atoms with Crippen LogP contribution in [-0.4, -0.2) is 12.6 Å². The number of hydrogen-bond donors (Lipinski definition) is 1. The number of hydrogen-bond acceptors (Lipinski definition) is 2. The predicted molar refractivity (Wildman–Crippen MR) is 76.8 cm³/mol. The van der Waals surface area contributed by atoms with Crippen molar-refractivity contribution in [3.63, 3.8) is 0 Å². The summed E-state index contributed by atoms with van der Waals surface area (Å²) in [5.41, 5.74) is 0.430. The quantitative estimate of drug-likeness (QED) is 0.772. The average Bonchev–Trinajstić information content (AvgIpc) is 3.02. The lowest BCUT2D eigenvalue weighted by Crippen LogP contribution is -2.31. The van der Waals surface area contributed by atoms with Gasteiger partial charge >= 0.3 is 0 Å². The molecule has 1 nitrogen and oxygen atoms in total. The van der Waals surface area contributed by atoms with Crippen LogP contribution in [0.2, 0.25) is 0 Å². The van der Waals surface area contributed by atoms with Crippen molar-refractivity contribution in [1.82, 2.24) is 5.32 Å². The minimum absolute atomic E-state index is 0.430. The Bertz CT molecular complexity index is 350. The molecule has 0 amide bonds. The maximum absolute atomic E-state index is 3.65. The fourth-order valence-corrected chi connectivity index (χ4v) is 2.96. The fourth-order valence-electron chi connectivity index (χ4n) is 2.00. The molecular formula is C15H25NS. The zero-order valence-corrected chi connectivity index (χ0v) is 12.2. The first-order chi connectivity index (χ1) is 8.09. The zero-order valence-electron chi connectivity index (χ0n) is 11.4. The van der Waals surface area contributed by atoms with Crippen LogP contribution in [0, 0.1) is 5.41 Å². The topological polar surface area (TPSA) is 12.0 Å². The van der Waals surface area contributed by atoms with Gasteiger partial charge in [-0.15, -0.1) is 11.3 Å². The van der Waals surface area contributed by atoms with Gasteiger partial charge in [0.05, 0.1) is 0 Å². The molecule has 1 aliphatic rings. The number of aryl methyl sites for hydroxylation is 2. The van der Waals surface area contributed by atoms with Crippen LogP contribution in [0.25, 0.3) is 0 Å². The maximum atomic E-state index is 3.65. The van der Waals surface area contributed by atoms with Gasteiger partial charge in [-0.3, -0.25) is 0 Å². The third-order valence-electron chi connectivity index (χ3n) is 3.56. The van der Waals surface area contributed by atoms with Crippen LogP contribution in [0.1, 0.15) is 49.8 Å². The molecular weight excluding hydrogens is 226 g/mol. The molecule has 0 atom stereocenters. The normalized spacial score (nSPS) is 16.4. The smallest absolute Gasteiger partial charge is 0.00684 e. The highest BCUT2D eigenvalue weighted by molar-refractivity contribution is 7.11. The van der Waals surface area contributed by atoms with E-state index >= 15 is 0 Å². The van der Waals surface area contributed by atoms with Gasteiger partial charge < -0.3 is 5.32 Å². The van der Waals surface area contributed by atoms with Crippen molar-refractivity contribution in [2.24, 2.45) is 5.41 Å². The van der Waals surface area contributed by atoms with E-state index in [1.807, 2.05) is 11.3 Å². The highest BCUT2D eigenvalue weighted by atomic mass is 32.1. The van der Waals surface area contributed by atoms with E-state index in [2.05, 4.69) is 38.2 Å². The minimum Gasteiger partial charge on any atom is -0.313 e. The van der Waals surface area contributed by atoms with Gasteiger partial charge in [0.15, 0.2) is 0 Å². The van der Waals surface area contributed by atoms with Gasteiger partial charge in [-0.25, -0.2) is 0 Å². The first kappa shape index (κ1) is 13.1. The van der Waals surface area contributed by atoms with Gasteiger partial charge in [0.2, 0.25) is 0 Å². The van der Waals surface area contributed by atoms with Crippen molar-refractivity contribution in [2.75, 3.05) is 6.54 Å². The molecule has 1 aromatic heterocycles. The Morgan fingerprint density at radius 2 is 2.00 bits per heavy atom. The van der Waals surface area contributed by atoms with Gasteiger partial charge in [0.25, 0.3) is 0 Å². The van der Waals surface area contributed by atoms with Crippen LogP contribution in [0.3, 0.4) is 0 Å². The van der Waals surface area contributed by atoms with E-state index in [4.69, 9.17) is 0 Å². The Hall–Kier alpha value is -0.340. The Morgan fingerprint density at radius 1 is 1.29 bits per heavy atom. The largest absolute Gasteiger partial charge is 0.313 e. The predicted octanol–water partition coefficient (Wildman–Crippen LogP) is 4.02. The molecule has 1 N–H and O–H groups in total. The second-order valence-electron chi connectivity index (χ2n) is 6.04. The Morgan fingerprint density at radius 3 is 2.59 bits per heavy atom. The molecule has 1 heterocycles. The number of rotatable bonds is 7. The molecule has 2 heteroatoms. The van der Waals surface area contributed by atoms with E-state index in [0.717, 1.165) is 6.04 Å². The molecule has 2 rings (SSSR count). The molecule has 1 aromatic rings. The van der Waals surface area contributed by atoms with Crippen molar-refractivity contribution >= 4 is 11.3 Å². The van der Waals surface area contributed by atoms with Crippen LogP contribution in [0.15, 0.2) is 12.1 Å². The standard InChI is InChI=1S/C15H25NS/c1-4-13-7-8-14(17-13)9-10-15(2,3)11-16-12-5-6-12/h7-8,12,16H,4-6,9-11H2,1-3H3. The van der Waals surface area contributed by atoms with Crippen molar-refractivity contribution in [2.45, 2.75) is 58.9 Å². The summed E-state index contributed by atoms with van der Waals surface area (Å²) in [4.78, 5) is 3.08. The monoisotopic (exact) mass is 251 g/mol. The lowest BCUT2D eigenvalue weighted by molar-refractivity contribution is 0.314. The van der Waals surface area contributed by atoms with Gasteiger partial charge in [0, 0.05) is 22.3 Å². The lowest BCUT2D eigenvalue weighted by Gasteiger charge is -2.24. The highest BCUT2D eigenvalue weighted by Crippen LogP contribution is 2.27. The number of thiophene rings is 1. The summed E-state index contributed by atoms with van der Waals surface area (Å²) >= 11 is 1.99. The van der Waals surface area contributed by atoms with Gasteiger partial charge in [0.1, 0.15) is 0 Å². The first-order valence-electron chi connectivity index (χ1n) is 6.90. The molecule has 0 radical (unpaired) electrons. The molecule has 0 bridgehead atoms. The molecule has 17 heavy (non-hydrogen) atoms. The summed E-state index contributed by atoms with van der Waals surface area (Å²) in [6.07, 6.45) is 6.49. The molecule has 0 spiro atoms. The summed E-state index contributed by atoms with van der Waals surface area (Å²) in [6, 6.07) is 5.44. The van der Waals surface area contributed by atoms with E-state index in [0.29, 0.717) is 5.41 Å². The first-order valence-corrected chi connectivity index (χ1v) is 7.72. The summed E-state index contributed by atoms with van der Waals surface area (Å²) in [5.74, 6) is 0. The van der Waals surface area contributed by atoms with E-state index in [-0.39, 0.29) is 0 Å². The second kappa shape index (κ2) is 5.53. The molecule has 0 unspecified atom stereocenters. The third-order valence-corrected chi connectivity index (χ3v) is 4.85. The SMILES string of the molecule is CCc1ccc(CCC(C)(C)CNC2CC2)s1. The van der Waals surface area contributed by atoms with E-state index in [1.54, 1.807) is 4.88 Å². The Kier molecular flexibility index (Phi) is 4.26. The molecule has 1 aliphatic carbocycles. The van der Waals surface area contributed by atoms with Crippen LogP contribution >= 0.6 is 11.3 Å². The molecule has 1 fully saturated rings. The zero-order chi connectivity index (χ0) is 12.3. The van der Waals surface area contributed by atoms with Crippen LogP contribution < -0.4 is 5.32 Å². The Balaban J connectivity index is 1.74. The Labute approximate surface area is 110 Å². The van der Waals surface area contributed by atoms with E-state index < -0.39 is 0 Å². The molecule has 1 saturated carbocycles. The second-order valence-corrected chi connectivity index (χ2v) is 7.29. The minimum atomic E-state index is 0.430. The third kappa shape index (κ3) is 4.44. The number of nitrogens with one attached hydrogen (secondary N) is 1. The summed E-state index contributed by atoms with van der Waals surface area (Å²) in [6.45, 7) is 8.18. The summed E-state index contributed by atoms with van der Waals surface area (Å²) in [5, 5.41) is 3.65. The van der Waals surface area contributed by atoms with Crippen LogP contribution in [0.4, 0.5) is 0 Å². The summed E-state index contributed by atoms with van der Waals surface area (Å²) in [7, 11) is 0. The highest BCUT2D eigenvalue weighted by Gasteiger charge is 2.25. The maximum Gasteiger partial charge on any atom is 0.00684 e. The molecule has 96 valence electrons. The van der Waals surface area contributed by atoms with Crippen LogP contribution in [-0.2, 0) is 12.8 Å². The van der Waals surface area contributed by atoms with Crippen molar-refractivity contribution in [3.05, 3.63) is 21.9 Å². The van der Waals surface area contributed by atoms with Gasteiger partial charge in [-0.05, 0) is 49.7 Å². The van der Waals surface area contributed by atoms with Crippen molar-refractivity contribution in [3.8, 4) is 0 Å². The van der Waals surface area contributed by atoms with Crippen LogP contribution in [0.5, 0.6) is 0 Å². The van der Waals surface area contributed by atoms with E-state index in [1.165, 1.54) is 43.5 Å². The summed E-state index contributed by atoms with van der Waals surface area (Å²) < 4.78 is 0. The van der Waals surface area contributed by atoms with Crippen molar-refractivity contribution in [1.29, 1.82) is 0 Å². The molecule has 0 aromatic carbocycles. The van der Waals surface area contributed by atoms with E-state index in [9.17, 15) is 0 Å². The van der Waals surface area contributed by atoms with Gasteiger partial charge in [-0.1, -0.05) is 20.8 Å². The van der Waals surface area contributed by atoms with Crippen molar-refractivity contribution < 1.29 is 0 Å². The lowest BCUT2D eigenvalue weighted by atomic mass is 9.87. The molecule has 0 aliphatic heterocycles. The fraction of sp³-hybridized carbons (Fsp3) is 0.733. The van der Waals surface area contributed by atoms with Gasteiger partial charge in [-0.2, -0.15) is 0 Å². The molecule has 0 saturated heterocycles.